The minimum atomic E-state index is 0.829. The van der Waals surface area contributed by atoms with Gasteiger partial charge in [0.05, 0.1) is 17.6 Å². The molecule has 0 aliphatic heterocycles. The number of hydrogen-bond donors (Lipinski definition) is 1. The van der Waals surface area contributed by atoms with Crippen molar-refractivity contribution < 1.29 is 0 Å². The number of para-hydroxylation sites is 2. The average molecular weight is 244 g/mol. The van der Waals surface area contributed by atoms with E-state index in [1.807, 2.05) is 42.3 Å². The summed E-state index contributed by atoms with van der Waals surface area (Å²) in [6, 6.07) is 8.01. The van der Waals surface area contributed by atoms with E-state index in [1.54, 1.807) is 0 Å². The van der Waals surface area contributed by atoms with E-state index in [4.69, 9.17) is 5.73 Å². The summed E-state index contributed by atoms with van der Waals surface area (Å²) in [6.07, 6.45) is 5.04. The van der Waals surface area contributed by atoms with Crippen LogP contribution in [-0.4, -0.2) is 16.3 Å². The van der Waals surface area contributed by atoms with Crippen LogP contribution in [0.2, 0.25) is 0 Å². The normalized spacial score (nSPS) is 10.6. The molecule has 0 spiro atoms. The third-order valence-corrected chi connectivity index (χ3v) is 2.90. The van der Waals surface area contributed by atoms with Crippen molar-refractivity contribution in [3.63, 3.8) is 0 Å². The second-order valence-electron chi connectivity index (χ2n) is 4.50. The summed E-state index contributed by atoms with van der Waals surface area (Å²) < 4.78 is 1.83. The molecule has 1 heterocycles. The molecule has 0 atom stereocenters. The van der Waals surface area contributed by atoms with E-state index in [2.05, 4.69) is 23.0 Å². The maximum Gasteiger partial charge on any atom is 0.0602 e. The number of benzene rings is 1. The highest BCUT2D eigenvalue weighted by molar-refractivity contribution is 5.67. The third kappa shape index (κ3) is 2.83. The summed E-state index contributed by atoms with van der Waals surface area (Å²) in [6.45, 7) is 4.01. The fourth-order valence-electron chi connectivity index (χ4n) is 2.10. The molecule has 0 aliphatic carbocycles. The van der Waals surface area contributed by atoms with Crippen molar-refractivity contribution in [3.05, 3.63) is 42.2 Å². The van der Waals surface area contributed by atoms with Gasteiger partial charge in [-0.2, -0.15) is 5.10 Å². The van der Waals surface area contributed by atoms with Crippen molar-refractivity contribution in [2.75, 3.05) is 17.2 Å². The number of hydrogen-bond acceptors (Lipinski definition) is 3. The first-order valence-corrected chi connectivity index (χ1v) is 6.27. The van der Waals surface area contributed by atoms with Gasteiger partial charge in [0, 0.05) is 31.9 Å². The second-order valence-corrected chi connectivity index (χ2v) is 4.50. The zero-order valence-corrected chi connectivity index (χ0v) is 11.0. The molecule has 0 saturated heterocycles. The lowest BCUT2D eigenvalue weighted by molar-refractivity contribution is 0.757. The van der Waals surface area contributed by atoms with Gasteiger partial charge in [-0.3, -0.25) is 4.68 Å². The van der Waals surface area contributed by atoms with Crippen LogP contribution >= 0.6 is 0 Å². The van der Waals surface area contributed by atoms with Crippen LogP contribution in [0.4, 0.5) is 11.4 Å². The Bertz CT molecular complexity index is 504. The Hall–Kier alpha value is -1.97. The summed E-state index contributed by atoms with van der Waals surface area (Å²) in [4.78, 5) is 2.30. The molecule has 0 aliphatic rings. The van der Waals surface area contributed by atoms with Crippen molar-refractivity contribution in [2.24, 2.45) is 7.05 Å². The number of nitrogens with two attached hydrogens (primary N) is 1. The van der Waals surface area contributed by atoms with Crippen LogP contribution in [0.25, 0.3) is 0 Å². The molecule has 0 radical (unpaired) electrons. The van der Waals surface area contributed by atoms with Gasteiger partial charge in [-0.15, -0.1) is 0 Å². The Morgan fingerprint density at radius 1 is 1.33 bits per heavy atom. The Balaban J connectivity index is 2.20. The molecule has 96 valence electrons. The molecular formula is C14H20N4. The van der Waals surface area contributed by atoms with Gasteiger partial charge in [0.2, 0.25) is 0 Å². The van der Waals surface area contributed by atoms with Crippen LogP contribution < -0.4 is 10.6 Å². The summed E-state index contributed by atoms with van der Waals surface area (Å²) in [5, 5.41) is 4.20. The standard InChI is InChI=1S/C14H20N4/c1-3-8-18(11-12-9-16-17(2)10-12)14-7-5-4-6-13(14)15/h4-7,9-10H,3,8,11,15H2,1-2H3. The van der Waals surface area contributed by atoms with E-state index >= 15 is 0 Å². The number of rotatable bonds is 5. The monoisotopic (exact) mass is 244 g/mol. The van der Waals surface area contributed by atoms with E-state index in [0.29, 0.717) is 0 Å². The van der Waals surface area contributed by atoms with Crippen molar-refractivity contribution in [3.8, 4) is 0 Å². The lowest BCUT2D eigenvalue weighted by Crippen LogP contribution is -2.24. The van der Waals surface area contributed by atoms with Crippen molar-refractivity contribution in [1.29, 1.82) is 0 Å². The molecule has 4 nitrogen and oxygen atoms in total. The molecule has 4 heteroatoms. The zero-order chi connectivity index (χ0) is 13.0. The maximum atomic E-state index is 6.05. The first kappa shape index (κ1) is 12.5. The molecule has 18 heavy (non-hydrogen) atoms. The smallest absolute Gasteiger partial charge is 0.0602 e. The van der Waals surface area contributed by atoms with Crippen LogP contribution in [0.15, 0.2) is 36.7 Å². The minimum absolute atomic E-state index is 0.829. The Morgan fingerprint density at radius 3 is 2.72 bits per heavy atom. The van der Waals surface area contributed by atoms with E-state index in [1.165, 1.54) is 5.56 Å². The van der Waals surface area contributed by atoms with Gasteiger partial charge in [-0.05, 0) is 18.6 Å². The molecule has 0 amide bonds. The van der Waals surface area contributed by atoms with E-state index in [9.17, 15) is 0 Å². The Morgan fingerprint density at radius 2 is 2.11 bits per heavy atom. The van der Waals surface area contributed by atoms with Crippen LogP contribution in [0.3, 0.4) is 0 Å². The quantitative estimate of drug-likeness (QED) is 0.822. The largest absolute Gasteiger partial charge is 0.397 e. The number of anilines is 2. The van der Waals surface area contributed by atoms with Crippen molar-refractivity contribution >= 4 is 11.4 Å². The highest BCUT2D eigenvalue weighted by Gasteiger charge is 2.10. The second kappa shape index (κ2) is 5.58. The lowest BCUT2D eigenvalue weighted by Gasteiger charge is -2.25. The first-order chi connectivity index (χ1) is 8.70. The molecule has 0 saturated carbocycles. The number of aromatic nitrogens is 2. The summed E-state index contributed by atoms with van der Waals surface area (Å²) >= 11 is 0. The zero-order valence-electron chi connectivity index (χ0n) is 11.0. The van der Waals surface area contributed by atoms with Crippen LogP contribution in [0.5, 0.6) is 0 Å². The fourth-order valence-corrected chi connectivity index (χ4v) is 2.10. The Labute approximate surface area is 108 Å². The first-order valence-electron chi connectivity index (χ1n) is 6.27. The topological polar surface area (TPSA) is 47.1 Å². The van der Waals surface area contributed by atoms with E-state index < -0.39 is 0 Å². The Kier molecular flexibility index (Phi) is 3.87. The maximum absolute atomic E-state index is 6.05. The van der Waals surface area contributed by atoms with Crippen LogP contribution in [-0.2, 0) is 13.6 Å². The van der Waals surface area contributed by atoms with Gasteiger partial charge < -0.3 is 10.6 Å². The molecule has 2 rings (SSSR count). The molecular weight excluding hydrogens is 224 g/mol. The third-order valence-electron chi connectivity index (χ3n) is 2.90. The van der Waals surface area contributed by atoms with Crippen molar-refractivity contribution in [2.45, 2.75) is 19.9 Å². The lowest BCUT2D eigenvalue weighted by atomic mass is 10.2. The van der Waals surface area contributed by atoms with Crippen molar-refractivity contribution in [1.82, 2.24) is 9.78 Å². The van der Waals surface area contributed by atoms with E-state index in [0.717, 1.165) is 30.9 Å². The van der Waals surface area contributed by atoms with Gasteiger partial charge in [0.25, 0.3) is 0 Å². The number of nitrogen functional groups attached to an aromatic ring is 1. The molecule has 1 aromatic heterocycles. The molecule has 2 aromatic rings. The molecule has 1 aromatic carbocycles. The molecule has 0 fully saturated rings. The predicted octanol–water partition coefficient (Wildman–Crippen LogP) is 2.42. The average Bonchev–Trinajstić information content (AvgIpc) is 2.75. The summed E-state index contributed by atoms with van der Waals surface area (Å²) in [5.74, 6) is 0. The highest BCUT2D eigenvalue weighted by Crippen LogP contribution is 2.24. The van der Waals surface area contributed by atoms with Gasteiger partial charge in [-0.1, -0.05) is 19.1 Å². The summed E-state index contributed by atoms with van der Waals surface area (Å²) in [7, 11) is 1.94. The molecule has 0 bridgehead atoms. The molecule has 2 N–H and O–H groups in total. The fraction of sp³-hybridized carbons (Fsp3) is 0.357. The van der Waals surface area contributed by atoms with Crippen LogP contribution in [0.1, 0.15) is 18.9 Å². The minimum Gasteiger partial charge on any atom is -0.397 e. The highest BCUT2D eigenvalue weighted by atomic mass is 15.2. The van der Waals surface area contributed by atoms with Gasteiger partial charge >= 0.3 is 0 Å². The number of aryl methyl sites for hydroxylation is 1. The van der Waals surface area contributed by atoms with E-state index in [-0.39, 0.29) is 0 Å². The van der Waals surface area contributed by atoms with Gasteiger partial charge in [-0.25, -0.2) is 0 Å². The number of nitrogens with zero attached hydrogens (tertiary/aromatic N) is 3. The van der Waals surface area contributed by atoms with Gasteiger partial charge in [0.1, 0.15) is 0 Å². The summed E-state index contributed by atoms with van der Waals surface area (Å²) in [5.41, 5.74) is 9.18. The van der Waals surface area contributed by atoms with Crippen LogP contribution in [0, 0.1) is 0 Å². The SMILES string of the molecule is CCCN(Cc1cnn(C)c1)c1ccccc1N. The predicted molar refractivity (Wildman–Crippen MR) is 75.4 cm³/mol. The molecule has 0 unspecified atom stereocenters. The van der Waals surface area contributed by atoms with Gasteiger partial charge in [0.15, 0.2) is 0 Å².